The third kappa shape index (κ3) is 1.55. The van der Waals surface area contributed by atoms with E-state index < -0.39 is 17.2 Å². The number of hydrogen-bond donors (Lipinski definition) is 1. The second-order valence-corrected chi connectivity index (χ2v) is 4.54. The van der Waals surface area contributed by atoms with Crippen molar-refractivity contribution in [1.29, 1.82) is 0 Å². The maximum Gasteiger partial charge on any atom is 0.229 e. The molecule has 0 aromatic rings. The zero-order chi connectivity index (χ0) is 9.57. The first kappa shape index (κ1) is 9.39. The molecular weight excluding hydrogens is 156 g/mol. The highest BCUT2D eigenvalue weighted by Gasteiger charge is 2.46. The fourth-order valence-corrected chi connectivity index (χ4v) is 1.89. The molecule has 1 aliphatic rings. The van der Waals surface area contributed by atoms with E-state index in [0.29, 0.717) is 6.42 Å². The number of rotatable bonds is 0. The molecule has 12 heavy (non-hydrogen) atoms. The minimum Gasteiger partial charge on any atom is -0.382 e. The van der Waals surface area contributed by atoms with E-state index in [1.54, 1.807) is 0 Å². The van der Waals surface area contributed by atoms with E-state index in [-0.39, 0.29) is 11.8 Å². The Labute approximate surface area is 71.8 Å². The average molecular weight is 170 g/mol. The molecule has 3 heteroatoms. The monoisotopic (exact) mass is 170 g/mol. The molecule has 0 aliphatic heterocycles. The molecular formula is C9H14O3. The molecule has 68 valence electrons. The van der Waals surface area contributed by atoms with Gasteiger partial charge in [-0.15, -0.1) is 0 Å². The minimum atomic E-state index is -1.45. The van der Waals surface area contributed by atoms with Gasteiger partial charge in [-0.25, -0.2) is 0 Å². The highest BCUT2D eigenvalue weighted by atomic mass is 16.3. The Morgan fingerprint density at radius 3 is 2.17 bits per heavy atom. The number of hydrogen-bond acceptors (Lipinski definition) is 3. The van der Waals surface area contributed by atoms with Crippen molar-refractivity contribution in [3.8, 4) is 0 Å². The van der Waals surface area contributed by atoms with Gasteiger partial charge in [-0.3, -0.25) is 9.59 Å². The molecule has 0 amide bonds. The average Bonchev–Trinajstić information content (AvgIpc) is 1.79. The van der Waals surface area contributed by atoms with Gasteiger partial charge in [0.1, 0.15) is 5.60 Å². The van der Waals surface area contributed by atoms with Crippen LogP contribution in [0.1, 0.15) is 33.6 Å². The normalized spacial score (nSPS) is 35.3. The third-order valence-corrected chi connectivity index (χ3v) is 2.20. The predicted molar refractivity (Wildman–Crippen MR) is 43.7 cm³/mol. The van der Waals surface area contributed by atoms with Crippen LogP contribution < -0.4 is 0 Å². The summed E-state index contributed by atoms with van der Waals surface area (Å²) in [6, 6.07) is 0. The smallest absolute Gasteiger partial charge is 0.229 e. The number of Topliss-reactive ketones (excluding diaryl/α,β-unsaturated/α-hetero) is 2. The van der Waals surface area contributed by atoms with Crippen molar-refractivity contribution in [2.75, 3.05) is 0 Å². The van der Waals surface area contributed by atoms with E-state index in [2.05, 4.69) is 0 Å². The fourth-order valence-electron chi connectivity index (χ4n) is 1.89. The lowest BCUT2D eigenvalue weighted by Crippen LogP contribution is -2.49. The zero-order valence-electron chi connectivity index (χ0n) is 7.68. The molecule has 1 unspecified atom stereocenters. The van der Waals surface area contributed by atoms with Crippen LogP contribution in [-0.2, 0) is 9.59 Å². The molecule has 1 saturated carbocycles. The molecule has 0 bridgehead atoms. The predicted octanol–water partition coefficient (Wildman–Crippen LogP) is 0.696. The maximum atomic E-state index is 11.1. The van der Waals surface area contributed by atoms with Crippen LogP contribution in [-0.4, -0.2) is 22.3 Å². The van der Waals surface area contributed by atoms with Crippen molar-refractivity contribution >= 4 is 11.6 Å². The molecule has 0 radical (unpaired) electrons. The molecule has 1 fully saturated rings. The Morgan fingerprint density at radius 1 is 1.25 bits per heavy atom. The van der Waals surface area contributed by atoms with Gasteiger partial charge >= 0.3 is 0 Å². The second-order valence-electron chi connectivity index (χ2n) is 4.54. The van der Waals surface area contributed by atoms with Crippen LogP contribution in [0.3, 0.4) is 0 Å². The van der Waals surface area contributed by atoms with Crippen molar-refractivity contribution in [3.63, 3.8) is 0 Å². The van der Waals surface area contributed by atoms with Gasteiger partial charge in [-0.1, -0.05) is 13.8 Å². The van der Waals surface area contributed by atoms with Gasteiger partial charge in [-0.2, -0.15) is 0 Å². The topological polar surface area (TPSA) is 54.4 Å². The van der Waals surface area contributed by atoms with E-state index in [9.17, 15) is 14.7 Å². The first-order valence-electron chi connectivity index (χ1n) is 4.05. The van der Waals surface area contributed by atoms with E-state index >= 15 is 0 Å². The molecule has 0 saturated heterocycles. The number of ketones is 2. The summed E-state index contributed by atoms with van der Waals surface area (Å²) in [4.78, 5) is 22.3. The van der Waals surface area contributed by atoms with Crippen molar-refractivity contribution < 1.29 is 14.7 Å². The maximum absolute atomic E-state index is 11.1. The lowest BCUT2D eigenvalue weighted by molar-refractivity contribution is -0.155. The Balaban J connectivity index is 2.95. The van der Waals surface area contributed by atoms with Gasteiger partial charge in [-0.05, 0) is 18.8 Å². The van der Waals surface area contributed by atoms with Crippen LogP contribution in [0.4, 0.5) is 0 Å². The first-order chi connectivity index (χ1) is 5.25. The summed E-state index contributed by atoms with van der Waals surface area (Å²) in [5.41, 5.74) is -1.70. The summed E-state index contributed by atoms with van der Waals surface area (Å²) in [6.07, 6.45) is 0.618. The number of carbonyl (C=O) groups is 2. The van der Waals surface area contributed by atoms with Crippen molar-refractivity contribution in [1.82, 2.24) is 0 Å². The molecule has 1 atom stereocenters. The van der Waals surface area contributed by atoms with Crippen LogP contribution in [0.5, 0.6) is 0 Å². The molecule has 0 spiro atoms. The summed E-state index contributed by atoms with van der Waals surface area (Å²) < 4.78 is 0. The lowest BCUT2D eigenvalue weighted by atomic mass is 9.69. The highest BCUT2D eigenvalue weighted by molar-refractivity contribution is 6.40. The Bertz CT molecular complexity index is 238. The fraction of sp³-hybridized carbons (Fsp3) is 0.778. The lowest BCUT2D eigenvalue weighted by Gasteiger charge is -2.36. The summed E-state index contributed by atoms with van der Waals surface area (Å²) in [5, 5.41) is 9.58. The summed E-state index contributed by atoms with van der Waals surface area (Å²) in [5.74, 6) is -1.09. The Kier molecular flexibility index (Phi) is 1.87. The Morgan fingerprint density at radius 2 is 1.75 bits per heavy atom. The van der Waals surface area contributed by atoms with Gasteiger partial charge in [0.2, 0.25) is 11.6 Å². The minimum absolute atomic E-state index is 0.252. The van der Waals surface area contributed by atoms with Crippen LogP contribution in [0.15, 0.2) is 0 Å². The van der Waals surface area contributed by atoms with Crippen LogP contribution >= 0.6 is 0 Å². The van der Waals surface area contributed by atoms with Crippen LogP contribution in [0.25, 0.3) is 0 Å². The molecule has 1 N–H and O–H groups in total. The van der Waals surface area contributed by atoms with Gasteiger partial charge in [0.15, 0.2) is 0 Å². The van der Waals surface area contributed by atoms with E-state index in [4.69, 9.17) is 0 Å². The molecule has 1 rings (SSSR count). The van der Waals surface area contributed by atoms with Gasteiger partial charge in [0, 0.05) is 6.42 Å². The number of aliphatic hydroxyl groups is 1. The highest BCUT2D eigenvalue weighted by Crippen LogP contribution is 2.36. The SMILES string of the molecule is CC1(C)CC(=O)C(=O)C(C)(O)C1. The van der Waals surface area contributed by atoms with E-state index in [1.807, 2.05) is 13.8 Å². The van der Waals surface area contributed by atoms with Crippen molar-refractivity contribution in [2.24, 2.45) is 5.41 Å². The summed E-state index contributed by atoms with van der Waals surface area (Å²) in [6.45, 7) is 5.17. The van der Waals surface area contributed by atoms with Crippen LogP contribution in [0, 0.1) is 5.41 Å². The van der Waals surface area contributed by atoms with E-state index in [0.717, 1.165) is 0 Å². The third-order valence-electron chi connectivity index (χ3n) is 2.20. The molecule has 0 aromatic heterocycles. The largest absolute Gasteiger partial charge is 0.382 e. The van der Waals surface area contributed by atoms with Gasteiger partial charge < -0.3 is 5.11 Å². The zero-order valence-corrected chi connectivity index (χ0v) is 7.68. The van der Waals surface area contributed by atoms with Crippen molar-refractivity contribution in [3.05, 3.63) is 0 Å². The van der Waals surface area contributed by atoms with Gasteiger partial charge in [0.05, 0.1) is 0 Å². The molecule has 0 heterocycles. The first-order valence-corrected chi connectivity index (χ1v) is 4.05. The number of carbonyl (C=O) groups excluding carboxylic acids is 2. The van der Waals surface area contributed by atoms with Crippen LogP contribution in [0.2, 0.25) is 0 Å². The second kappa shape index (κ2) is 2.39. The Hall–Kier alpha value is -0.700. The molecule has 0 aromatic carbocycles. The standard InChI is InChI=1S/C9H14O3/c1-8(2)4-6(10)7(11)9(3,12)5-8/h12H,4-5H2,1-3H3. The van der Waals surface area contributed by atoms with Gasteiger partial charge in [0.25, 0.3) is 0 Å². The summed E-state index contributed by atoms with van der Waals surface area (Å²) in [7, 11) is 0. The quantitative estimate of drug-likeness (QED) is 0.544. The summed E-state index contributed by atoms with van der Waals surface area (Å²) >= 11 is 0. The van der Waals surface area contributed by atoms with Crippen molar-refractivity contribution in [2.45, 2.75) is 39.2 Å². The molecule has 3 nitrogen and oxygen atoms in total. The molecule has 1 aliphatic carbocycles. The van der Waals surface area contributed by atoms with E-state index in [1.165, 1.54) is 6.92 Å².